The third-order valence-corrected chi connectivity index (χ3v) is 8.11. The van der Waals surface area contributed by atoms with Gasteiger partial charge in [-0.25, -0.2) is 4.79 Å². The third kappa shape index (κ3) is 6.08. The fourth-order valence-electron chi connectivity index (χ4n) is 4.94. The van der Waals surface area contributed by atoms with Crippen LogP contribution in [0.25, 0.3) is 0 Å². The molecule has 4 rings (SSSR count). The maximum Gasteiger partial charge on any atom is 0.329 e. The van der Waals surface area contributed by atoms with Gasteiger partial charge in [0.1, 0.15) is 11.6 Å². The summed E-state index contributed by atoms with van der Waals surface area (Å²) in [4.78, 5) is 42.6. The number of anilines is 1. The topological polar surface area (TPSA) is 97.4 Å². The summed E-state index contributed by atoms with van der Waals surface area (Å²) in [5.41, 5.74) is 1.14. The number of amides is 1. The van der Waals surface area contributed by atoms with Gasteiger partial charge in [0.15, 0.2) is 5.78 Å². The first kappa shape index (κ1) is 28.6. The highest BCUT2D eigenvalue weighted by Crippen LogP contribution is 2.53. The number of allylic oxidation sites excluding steroid dienone is 2. The van der Waals surface area contributed by atoms with E-state index in [-0.39, 0.29) is 21.4 Å². The fourth-order valence-corrected chi connectivity index (χ4v) is 6.35. The van der Waals surface area contributed by atoms with Crippen molar-refractivity contribution in [2.45, 2.75) is 70.9 Å². The number of carbonyl (C=O) groups is 3. The number of halogens is 3. The average molecular weight is 623 g/mol. The molecule has 0 saturated heterocycles. The van der Waals surface area contributed by atoms with Gasteiger partial charge >= 0.3 is 5.97 Å². The van der Waals surface area contributed by atoms with Gasteiger partial charge in [-0.3, -0.25) is 14.6 Å². The van der Waals surface area contributed by atoms with Crippen molar-refractivity contribution in [1.82, 2.24) is 10.3 Å². The number of nitrogens with one attached hydrogen (secondary N) is 2. The molecule has 2 N–H and O–H groups in total. The van der Waals surface area contributed by atoms with Crippen molar-refractivity contribution in [3.63, 3.8) is 0 Å². The molecular weight excluding hydrogens is 593 g/mol. The molecule has 1 atom stereocenters. The lowest BCUT2D eigenvalue weighted by molar-refractivity contribution is -0.157. The van der Waals surface area contributed by atoms with E-state index >= 15 is 0 Å². The van der Waals surface area contributed by atoms with Gasteiger partial charge in [0.25, 0.3) is 5.91 Å². The van der Waals surface area contributed by atoms with E-state index in [1.54, 1.807) is 12.1 Å². The Bertz CT molecular complexity index is 1260. The number of rotatable bonds is 7. The van der Waals surface area contributed by atoms with Gasteiger partial charge in [0.2, 0.25) is 0 Å². The molecule has 0 unspecified atom stereocenters. The number of esters is 1. The Kier molecular flexibility index (Phi) is 8.55. The Hall–Kier alpha value is -2.42. The zero-order valence-electron chi connectivity index (χ0n) is 21.5. The number of aromatic nitrogens is 1. The van der Waals surface area contributed by atoms with Crippen molar-refractivity contribution in [2.24, 2.45) is 5.41 Å². The molecule has 0 bridgehead atoms. The van der Waals surface area contributed by atoms with Crippen molar-refractivity contribution in [3.8, 4) is 0 Å². The summed E-state index contributed by atoms with van der Waals surface area (Å²) in [6.07, 6.45) is 7.69. The molecule has 38 heavy (non-hydrogen) atoms. The van der Waals surface area contributed by atoms with Crippen molar-refractivity contribution >= 4 is 62.5 Å². The van der Waals surface area contributed by atoms with Crippen LogP contribution in [0.3, 0.4) is 0 Å². The van der Waals surface area contributed by atoms with Crippen LogP contribution in [0.4, 0.5) is 5.69 Å². The first-order valence-electron chi connectivity index (χ1n) is 12.5. The van der Waals surface area contributed by atoms with Crippen LogP contribution in [0.2, 0.25) is 10.0 Å². The van der Waals surface area contributed by atoms with E-state index in [4.69, 9.17) is 27.9 Å². The quantitative estimate of drug-likeness (QED) is 0.337. The lowest BCUT2D eigenvalue weighted by atomic mass is 9.62. The molecule has 7 nitrogen and oxygen atoms in total. The molecule has 10 heteroatoms. The molecule has 202 valence electrons. The fraction of sp³-hybridized carbons (Fsp3) is 0.429. The standard InChI is InChI=1S/C28H30BrCl2N3O4/c1-27(2,3)38-26(37)20(34-23-22(29)24(35)28(23)11-5-4-6-12-28)13-16-7-9-17(10-8-16)33-25(36)21-18(30)14-32-15-19(21)31/h7-10,14-15,20,34H,4-6,11-13H2,1-3H3,(H,33,36)/t20-/m0/s1. The van der Waals surface area contributed by atoms with E-state index in [1.807, 2.05) is 32.9 Å². The first-order chi connectivity index (χ1) is 17.9. The minimum absolute atomic E-state index is 0.108. The molecule has 0 aliphatic heterocycles. The Morgan fingerprint density at radius 2 is 1.68 bits per heavy atom. The van der Waals surface area contributed by atoms with Crippen LogP contribution in [0, 0.1) is 5.41 Å². The number of nitrogens with zero attached hydrogens (tertiary/aromatic N) is 1. The summed E-state index contributed by atoms with van der Waals surface area (Å²) in [5, 5.41) is 6.47. The van der Waals surface area contributed by atoms with Crippen LogP contribution in [0.15, 0.2) is 46.8 Å². The van der Waals surface area contributed by atoms with Gasteiger partial charge < -0.3 is 15.4 Å². The average Bonchev–Trinajstić information content (AvgIpc) is 2.86. The smallest absolute Gasteiger partial charge is 0.329 e. The van der Waals surface area contributed by atoms with Crippen LogP contribution in [0.5, 0.6) is 0 Å². The summed E-state index contributed by atoms with van der Waals surface area (Å²) in [7, 11) is 0. The number of hydrogen-bond donors (Lipinski definition) is 2. The summed E-state index contributed by atoms with van der Waals surface area (Å²) in [6, 6.07) is 6.45. The van der Waals surface area contributed by atoms with E-state index in [0.717, 1.165) is 43.4 Å². The van der Waals surface area contributed by atoms with Gasteiger partial charge in [-0.15, -0.1) is 0 Å². The number of ether oxygens (including phenoxy) is 1. The molecule has 2 aliphatic rings. The maximum absolute atomic E-state index is 13.2. The predicted molar refractivity (Wildman–Crippen MR) is 152 cm³/mol. The van der Waals surface area contributed by atoms with E-state index < -0.39 is 28.9 Å². The highest BCUT2D eigenvalue weighted by atomic mass is 79.9. The van der Waals surface area contributed by atoms with Crippen LogP contribution >= 0.6 is 39.1 Å². The van der Waals surface area contributed by atoms with Crippen LogP contribution in [0.1, 0.15) is 68.8 Å². The van der Waals surface area contributed by atoms with E-state index in [0.29, 0.717) is 16.6 Å². The lowest BCUT2D eigenvalue weighted by Gasteiger charge is -2.46. The molecule has 1 spiro atoms. The molecule has 2 aliphatic carbocycles. The van der Waals surface area contributed by atoms with Gasteiger partial charge in [0.05, 0.1) is 25.5 Å². The lowest BCUT2D eigenvalue weighted by Crippen LogP contribution is -2.54. The molecule has 1 saturated carbocycles. The number of hydrogen-bond acceptors (Lipinski definition) is 6. The molecule has 1 aromatic carbocycles. The van der Waals surface area contributed by atoms with Crippen molar-refractivity contribution in [1.29, 1.82) is 0 Å². The number of pyridine rings is 1. The van der Waals surface area contributed by atoms with Crippen LogP contribution in [-0.2, 0) is 20.7 Å². The molecule has 1 amide bonds. The highest BCUT2D eigenvalue weighted by Gasteiger charge is 2.54. The summed E-state index contributed by atoms with van der Waals surface area (Å²) >= 11 is 15.6. The summed E-state index contributed by atoms with van der Waals surface area (Å²) in [6.45, 7) is 5.47. The number of carbonyl (C=O) groups excluding carboxylic acids is 3. The Morgan fingerprint density at radius 3 is 2.26 bits per heavy atom. The number of benzene rings is 1. The van der Waals surface area contributed by atoms with Crippen molar-refractivity contribution < 1.29 is 19.1 Å². The molecule has 0 radical (unpaired) electrons. The highest BCUT2D eigenvalue weighted by molar-refractivity contribution is 9.12. The Balaban J connectivity index is 1.51. The summed E-state index contributed by atoms with van der Waals surface area (Å²) in [5.74, 6) is -0.736. The number of ketones is 1. The predicted octanol–water partition coefficient (Wildman–Crippen LogP) is 6.62. The second-order valence-corrected chi connectivity index (χ2v) is 12.3. The molecule has 1 fully saturated rings. The van der Waals surface area contributed by atoms with Crippen LogP contribution < -0.4 is 10.6 Å². The zero-order valence-corrected chi connectivity index (χ0v) is 24.6. The van der Waals surface area contributed by atoms with Gasteiger partial charge in [-0.2, -0.15) is 0 Å². The normalized spacial score (nSPS) is 17.6. The zero-order chi connectivity index (χ0) is 27.7. The first-order valence-corrected chi connectivity index (χ1v) is 14.1. The second-order valence-electron chi connectivity index (χ2n) is 10.7. The SMILES string of the molecule is CC(C)(C)OC(=O)[C@H](Cc1ccc(NC(=O)c2c(Cl)cncc2Cl)cc1)NC1=C(Br)C(=O)C12CCCCC2. The van der Waals surface area contributed by atoms with Crippen LogP contribution in [-0.4, -0.2) is 34.3 Å². The van der Waals surface area contributed by atoms with E-state index in [1.165, 1.54) is 12.4 Å². The minimum atomic E-state index is -0.696. The summed E-state index contributed by atoms with van der Waals surface area (Å²) < 4.78 is 6.23. The molecule has 1 heterocycles. The van der Waals surface area contributed by atoms with E-state index in [2.05, 4.69) is 31.5 Å². The molecular formula is C28H30BrCl2N3O4. The Labute approximate surface area is 240 Å². The largest absolute Gasteiger partial charge is 0.458 e. The minimum Gasteiger partial charge on any atom is -0.458 e. The molecule has 1 aromatic heterocycles. The monoisotopic (exact) mass is 621 g/mol. The van der Waals surface area contributed by atoms with Gasteiger partial charge in [0, 0.05) is 30.2 Å². The molecule has 2 aromatic rings. The number of Topliss-reactive ketones (excluding diaryl/α,β-unsaturated/α-hetero) is 1. The van der Waals surface area contributed by atoms with E-state index in [9.17, 15) is 14.4 Å². The maximum atomic E-state index is 13.2. The van der Waals surface area contributed by atoms with Gasteiger partial charge in [-0.1, -0.05) is 54.6 Å². The van der Waals surface area contributed by atoms with Gasteiger partial charge in [-0.05, 0) is 67.2 Å². The van der Waals surface area contributed by atoms with Crippen molar-refractivity contribution in [3.05, 3.63) is 68.0 Å². The third-order valence-electron chi connectivity index (χ3n) is 6.78. The second kappa shape index (κ2) is 11.4. The van der Waals surface area contributed by atoms with Crippen molar-refractivity contribution in [2.75, 3.05) is 5.32 Å². The Morgan fingerprint density at radius 1 is 1.08 bits per heavy atom.